The van der Waals surface area contributed by atoms with Gasteiger partial charge in [0.15, 0.2) is 0 Å². The van der Waals surface area contributed by atoms with Crippen LogP contribution in [0.15, 0.2) is 30.5 Å². The highest BCUT2D eigenvalue weighted by Gasteiger charge is 2.14. The van der Waals surface area contributed by atoms with Crippen molar-refractivity contribution >= 4 is 5.91 Å². The maximum absolute atomic E-state index is 12.6. The van der Waals surface area contributed by atoms with Gasteiger partial charge < -0.3 is 5.32 Å². The van der Waals surface area contributed by atoms with Crippen LogP contribution >= 0.6 is 0 Å². The van der Waals surface area contributed by atoms with Gasteiger partial charge >= 0.3 is 0 Å². The third kappa shape index (κ3) is 2.66. The molecule has 1 heterocycles. The minimum atomic E-state index is -0.572. The average Bonchev–Trinajstić information content (AvgIpc) is 2.31. The number of pyridine rings is 1. The number of nitrogens with one attached hydrogen (secondary N) is 1. The van der Waals surface area contributed by atoms with E-state index in [1.165, 1.54) is 18.3 Å². The van der Waals surface area contributed by atoms with Gasteiger partial charge in [0.2, 0.25) is 5.95 Å². The van der Waals surface area contributed by atoms with E-state index < -0.39 is 5.95 Å². The first-order valence-corrected chi connectivity index (χ1v) is 5.33. The van der Waals surface area contributed by atoms with E-state index in [-0.39, 0.29) is 11.9 Å². The fourth-order valence-electron chi connectivity index (χ4n) is 1.70. The highest BCUT2D eigenvalue weighted by Crippen LogP contribution is 2.11. The molecule has 0 aromatic carbocycles. The molecule has 0 bridgehead atoms. The highest BCUT2D eigenvalue weighted by molar-refractivity contribution is 5.94. The van der Waals surface area contributed by atoms with Gasteiger partial charge in [-0.15, -0.1) is 0 Å². The number of hydrogen-bond donors (Lipinski definition) is 1. The Bertz CT molecular complexity index is 400. The van der Waals surface area contributed by atoms with Crippen LogP contribution in [0, 0.1) is 5.95 Å². The smallest absolute Gasteiger partial charge is 0.253 e. The largest absolute Gasteiger partial charge is 0.349 e. The maximum Gasteiger partial charge on any atom is 0.253 e. The minimum absolute atomic E-state index is 0.183. The number of aromatic nitrogens is 1. The highest BCUT2D eigenvalue weighted by atomic mass is 19.1. The summed E-state index contributed by atoms with van der Waals surface area (Å²) < 4.78 is 12.6. The van der Waals surface area contributed by atoms with E-state index in [0.717, 1.165) is 19.3 Å². The Hall–Kier alpha value is -1.71. The quantitative estimate of drug-likeness (QED) is 0.612. The molecule has 1 N–H and O–H groups in total. The third-order valence-electron chi connectivity index (χ3n) is 2.59. The second kappa shape index (κ2) is 4.88. The first kappa shape index (κ1) is 10.8. The van der Waals surface area contributed by atoms with Gasteiger partial charge in [0.1, 0.15) is 0 Å². The van der Waals surface area contributed by atoms with Crippen molar-refractivity contribution in [1.82, 2.24) is 10.3 Å². The van der Waals surface area contributed by atoms with Gasteiger partial charge in [-0.3, -0.25) is 4.79 Å². The molecule has 1 unspecified atom stereocenters. The summed E-state index contributed by atoms with van der Waals surface area (Å²) in [6.45, 7) is 0. The number of carbonyl (C=O) groups is 1. The molecule has 2 rings (SSSR count). The molecule has 0 saturated heterocycles. The predicted octanol–water partition coefficient (Wildman–Crippen LogP) is 2.06. The third-order valence-corrected chi connectivity index (χ3v) is 2.59. The van der Waals surface area contributed by atoms with Crippen LogP contribution in [0.1, 0.15) is 29.6 Å². The van der Waals surface area contributed by atoms with Gasteiger partial charge in [0.25, 0.3) is 5.91 Å². The van der Waals surface area contributed by atoms with E-state index in [0.29, 0.717) is 5.56 Å². The summed E-state index contributed by atoms with van der Waals surface area (Å²) in [6, 6.07) is 2.81. The SMILES string of the molecule is O=C(NC1CC=CCC1)c1ccc(F)nc1. The van der Waals surface area contributed by atoms with Crippen molar-refractivity contribution in [1.29, 1.82) is 0 Å². The van der Waals surface area contributed by atoms with Crippen LogP contribution in [-0.4, -0.2) is 16.9 Å². The van der Waals surface area contributed by atoms with Gasteiger partial charge in [-0.1, -0.05) is 12.2 Å². The number of nitrogens with zero attached hydrogens (tertiary/aromatic N) is 1. The van der Waals surface area contributed by atoms with Crippen molar-refractivity contribution in [2.75, 3.05) is 0 Å². The molecular formula is C12H13FN2O. The topological polar surface area (TPSA) is 42.0 Å². The predicted molar refractivity (Wildman–Crippen MR) is 58.4 cm³/mol. The molecule has 0 spiro atoms. The average molecular weight is 220 g/mol. The fraction of sp³-hybridized carbons (Fsp3) is 0.333. The Kier molecular flexibility index (Phi) is 3.29. The second-order valence-electron chi connectivity index (χ2n) is 3.82. The molecule has 0 aliphatic heterocycles. The molecule has 1 aromatic rings. The number of hydrogen-bond acceptors (Lipinski definition) is 2. The molecule has 0 saturated carbocycles. The molecular weight excluding hydrogens is 207 g/mol. The first-order chi connectivity index (χ1) is 7.75. The van der Waals surface area contributed by atoms with Gasteiger partial charge in [-0.05, 0) is 31.4 Å². The second-order valence-corrected chi connectivity index (χ2v) is 3.82. The van der Waals surface area contributed by atoms with Crippen molar-refractivity contribution < 1.29 is 9.18 Å². The number of amides is 1. The molecule has 1 aromatic heterocycles. The Morgan fingerprint density at radius 2 is 2.31 bits per heavy atom. The standard InChI is InChI=1S/C12H13FN2O/c13-11-7-6-9(8-14-11)12(16)15-10-4-2-1-3-5-10/h1-2,6-8,10H,3-5H2,(H,15,16). The Morgan fingerprint density at radius 3 is 2.94 bits per heavy atom. The molecule has 0 radical (unpaired) electrons. The monoisotopic (exact) mass is 220 g/mol. The summed E-state index contributed by atoms with van der Waals surface area (Å²) in [7, 11) is 0. The van der Waals surface area contributed by atoms with Gasteiger partial charge in [0.05, 0.1) is 5.56 Å². The zero-order valence-corrected chi connectivity index (χ0v) is 8.82. The van der Waals surface area contributed by atoms with Gasteiger partial charge in [0, 0.05) is 12.2 Å². The Labute approximate surface area is 93.4 Å². The van der Waals surface area contributed by atoms with E-state index in [4.69, 9.17) is 0 Å². The summed E-state index contributed by atoms with van der Waals surface area (Å²) in [6.07, 6.45) is 8.24. The summed E-state index contributed by atoms with van der Waals surface area (Å²) >= 11 is 0. The van der Waals surface area contributed by atoms with Crippen LogP contribution in [0.25, 0.3) is 0 Å². The Balaban J connectivity index is 1.97. The molecule has 4 heteroatoms. The van der Waals surface area contributed by atoms with Crippen molar-refractivity contribution in [3.63, 3.8) is 0 Å². The fourth-order valence-corrected chi connectivity index (χ4v) is 1.70. The van der Waals surface area contributed by atoms with Crippen LogP contribution in [0.2, 0.25) is 0 Å². The number of halogens is 1. The molecule has 1 atom stereocenters. The lowest BCUT2D eigenvalue weighted by Gasteiger charge is -2.19. The number of rotatable bonds is 2. The zero-order valence-electron chi connectivity index (χ0n) is 8.82. The van der Waals surface area contributed by atoms with Crippen LogP contribution in [0.4, 0.5) is 4.39 Å². The molecule has 1 amide bonds. The summed E-state index contributed by atoms with van der Waals surface area (Å²) in [4.78, 5) is 15.2. The van der Waals surface area contributed by atoms with Crippen LogP contribution < -0.4 is 5.32 Å². The van der Waals surface area contributed by atoms with E-state index in [9.17, 15) is 9.18 Å². The lowest BCUT2D eigenvalue weighted by atomic mass is 10.0. The lowest BCUT2D eigenvalue weighted by Crippen LogP contribution is -2.35. The maximum atomic E-state index is 12.6. The molecule has 16 heavy (non-hydrogen) atoms. The van der Waals surface area contributed by atoms with E-state index in [1.807, 2.05) is 0 Å². The van der Waals surface area contributed by atoms with Crippen LogP contribution in [-0.2, 0) is 0 Å². The van der Waals surface area contributed by atoms with Crippen molar-refractivity contribution in [3.05, 3.63) is 42.0 Å². The normalized spacial score (nSPS) is 19.4. The van der Waals surface area contributed by atoms with Gasteiger partial charge in [-0.2, -0.15) is 4.39 Å². The van der Waals surface area contributed by atoms with Crippen molar-refractivity contribution in [2.24, 2.45) is 0 Å². The number of allylic oxidation sites excluding steroid dienone is 1. The van der Waals surface area contributed by atoms with E-state index in [1.54, 1.807) is 0 Å². The number of carbonyl (C=O) groups excluding carboxylic acids is 1. The van der Waals surface area contributed by atoms with E-state index in [2.05, 4.69) is 22.5 Å². The van der Waals surface area contributed by atoms with Gasteiger partial charge in [-0.25, -0.2) is 4.98 Å². The molecule has 1 aliphatic rings. The summed E-state index contributed by atoms with van der Waals surface area (Å²) in [5.41, 5.74) is 0.399. The Morgan fingerprint density at radius 1 is 1.44 bits per heavy atom. The zero-order chi connectivity index (χ0) is 11.4. The van der Waals surface area contributed by atoms with Crippen LogP contribution in [0.5, 0.6) is 0 Å². The van der Waals surface area contributed by atoms with Crippen LogP contribution in [0.3, 0.4) is 0 Å². The van der Waals surface area contributed by atoms with Crippen molar-refractivity contribution in [2.45, 2.75) is 25.3 Å². The summed E-state index contributed by atoms with van der Waals surface area (Å²) in [5.74, 6) is -0.759. The van der Waals surface area contributed by atoms with E-state index >= 15 is 0 Å². The summed E-state index contributed by atoms with van der Waals surface area (Å²) in [5, 5.41) is 2.90. The molecule has 3 nitrogen and oxygen atoms in total. The molecule has 0 fully saturated rings. The molecule has 84 valence electrons. The van der Waals surface area contributed by atoms with Crippen molar-refractivity contribution in [3.8, 4) is 0 Å². The lowest BCUT2D eigenvalue weighted by molar-refractivity contribution is 0.0934. The minimum Gasteiger partial charge on any atom is -0.349 e. The molecule has 1 aliphatic carbocycles. The first-order valence-electron chi connectivity index (χ1n) is 5.33.